The number of nitrogens with zero attached hydrogens (tertiary/aromatic N) is 3. The Morgan fingerprint density at radius 2 is 1.61 bits per heavy atom. The Morgan fingerprint density at radius 1 is 0.957 bits per heavy atom. The zero-order valence-electron chi connectivity index (χ0n) is 27.0. The fourth-order valence-corrected chi connectivity index (χ4v) is 5.35. The molecular formula is C34H43N7O5. The van der Waals surface area contributed by atoms with Crippen molar-refractivity contribution < 1.29 is 24.0 Å². The van der Waals surface area contributed by atoms with Gasteiger partial charge in [0.1, 0.15) is 29.6 Å². The van der Waals surface area contributed by atoms with Crippen molar-refractivity contribution in [3.63, 3.8) is 0 Å². The second kappa shape index (κ2) is 15.3. The SMILES string of the molecule is Cc1[nH]c(-c2ccccc2)nc1C(=O)N1CCCNC(=O)[C@H](Cc2ccccc2)NC(=O)CN(C)C(=O)[C@H](C(C)C)NC(=O)[C@H]1C. The zero-order valence-corrected chi connectivity index (χ0v) is 27.0. The van der Waals surface area contributed by atoms with Crippen molar-refractivity contribution in [2.75, 3.05) is 26.7 Å². The Morgan fingerprint density at radius 3 is 2.26 bits per heavy atom. The number of aromatic amines is 1. The lowest BCUT2D eigenvalue weighted by molar-refractivity contribution is -0.140. The first-order chi connectivity index (χ1) is 22.0. The van der Waals surface area contributed by atoms with Crippen LogP contribution < -0.4 is 16.0 Å². The average molecular weight is 630 g/mol. The van der Waals surface area contributed by atoms with Gasteiger partial charge in [0, 0.05) is 37.8 Å². The number of carbonyl (C=O) groups excluding carboxylic acids is 5. The minimum atomic E-state index is -0.971. The fourth-order valence-electron chi connectivity index (χ4n) is 5.35. The molecule has 3 aromatic rings. The summed E-state index contributed by atoms with van der Waals surface area (Å²) in [5, 5.41) is 8.45. The molecule has 0 unspecified atom stereocenters. The summed E-state index contributed by atoms with van der Waals surface area (Å²) in [5.41, 5.74) is 2.40. The van der Waals surface area contributed by atoms with E-state index in [9.17, 15) is 24.0 Å². The van der Waals surface area contributed by atoms with Crippen LogP contribution in [0.2, 0.25) is 0 Å². The topological polar surface area (TPSA) is 157 Å². The van der Waals surface area contributed by atoms with Gasteiger partial charge in [-0.15, -0.1) is 0 Å². The van der Waals surface area contributed by atoms with Gasteiger partial charge in [0.15, 0.2) is 0 Å². The van der Waals surface area contributed by atoms with Crippen molar-refractivity contribution in [1.29, 1.82) is 0 Å². The first kappa shape index (κ1) is 33.9. The average Bonchev–Trinajstić information content (AvgIpc) is 3.43. The van der Waals surface area contributed by atoms with Crippen LogP contribution in [0.15, 0.2) is 60.7 Å². The number of H-pyrrole nitrogens is 1. The van der Waals surface area contributed by atoms with Gasteiger partial charge in [0.25, 0.3) is 5.91 Å². The molecule has 1 aromatic heterocycles. The first-order valence-corrected chi connectivity index (χ1v) is 15.6. The molecule has 4 rings (SSSR count). The molecule has 1 fully saturated rings. The maximum Gasteiger partial charge on any atom is 0.275 e. The van der Waals surface area contributed by atoms with Gasteiger partial charge in [0.2, 0.25) is 23.6 Å². The van der Waals surface area contributed by atoms with E-state index in [1.807, 2.05) is 60.7 Å². The Balaban J connectivity index is 1.63. The number of hydrogen-bond donors (Lipinski definition) is 4. The van der Waals surface area contributed by atoms with Crippen LogP contribution in [0.3, 0.4) is 0 Å². The predicted octanol–water partition coefficient (Wildman–Crippen LogP) is 2.06. The Kier molecular flexibility index (Phi) is 11.3. The van der Waals surface area contributed by atoms with Crippen LogP contribution in [-0.2, 0) is 25.6 Å². The number of nitrogens with one attached hydrogen (secondary N) is 4. The lowest BCUT2D eigenvalue weighted by atomic mass is 10.0. The standard InChI is InChI=1S/C34H43N7O5/c1-21(2)28-33(45)40(5)20-27(42)37-26(19-24-13-8-6-9-14-24)32(44)35-17-12-18-41(23(4)31(43)39-28)34(46)29-22(3)36-30(38-29)25-15-10-7-11-16-25/h6-11,13-16,21,23,26,28H,12,17-20H2,1-5H3,(H,35,44)(H,36,38)(H,37,42)(H,39,43)/t23-,26+,28+/m1/s1. The summed E-state index contributed by atoms with van der Waals surface area (Å²) in [7, 11) is 1.47. The van der Waals surface area contributed by atoms with Gasteiger partial charge in [-0.2, -0.15) is 0 Å². The molecular weight excluding hydrogens is 586 g/mol. The van der Waals surface area contributed by atoms with Crippen molar-refractivity contribution in [1.82, 2.24) is 35.7 Å². The van der Waals surface area contributed by atoms with Crippen LogP contribution >= 0.6 is 0 Å². The highest BCUT2D eigenvalue weighted by Gasteiger charge is 2.34. The van der Waals surface area contributed by atoms with Crippen molar-refractivity contribution >= 4 is 29.5 Å². The van der Waals surface area contributed by atoms with E-state index in [0.717, 1.165) is 11.1 Å². The summed E-state index contributed by atoms with van der Waals surface area (Å²) >= 11 is 0. The number of hydrogen-bond acceptors (Lipinski definition) is 6. The summed E-state index contributed by atoms with van der Waals surface area (Å²) < 4.78 is 0. The Labute approximate surface area is 269 Å². The third kappa shape index (κ3) is 8.38. The molecule has 0 aliphatic carbocycles. The van der Waals surface area contributed by atoms with Gasteiger partial charge in [-0.3, -0.25) is 24.0 Å². The quantitative estimate of drug-likeness (QED) is 0.339. The summed E-state index contributed by atoms with van der Waals surface area (Å²) in [6.45, 7) is 6.94. The summed E-state index contributed by atoms with van der Waals surface area (Å²) in [6, 6.07) is 15.9. The number of benzene rings is 2. The van der Waals surface area contributed by atoms with E-state index < -0.39 is 47.7 Å². The van der Waals surface area contributed by atoms with Crippen LogP contribution in [0.25, 0.3) is 11.4 Å². The fraction of sp³-hybridized carbons (Fsp3) is 0.412. The molecule has 0 radical (unpaired) electrons. The molecule has 3 atom stereocenters. The molecule has 1 aliphatic heterocycles. The molecule has 12 nitrogen and oxygen atoms in total. The van der Waals surface area contributed by atoms with E-state index in [2.05, 4.69) is 25.9 Å². The van der Waals surface area contributed by atoms with Gasteiger partial charge in [-0.05, 0) is 31.7 Å². The van der Waals surface area contributed by atoms with Gasteiger partial charge >= 0.3 is 0 Å². The minimum Gasteiger partial charge on any atom is -0.354 e. The first-order valence-electron chi connectivity index (χ1n) is 15.6. The van der Waals surface area contributed by atoms with Crippen molar-refractivity contribution in [3.05, 3.63) is 77.6 Å². The maximum atomic E-state index is 14.0. The number of aromatic nitrogens is 2. The number of amides is 5. The van der Waals surface area contributed by atoms with Crippen LogP contribution in [0.1, 0.15) is 48.9 Å². The predicted molar refractivity (Wildman–Crippen MR) is 173 cm³/mol. The smallest absolute Gasteiger partial charge is 0.275 e. The normalized spacial score (nSPS) is 20.7. The van der Waals surface area contributed by atoms with Crippen LogP contribution in [0.5, 0.6) is 0 Å². The van der Waals surface area contributed by atoms with Gasteiger partial charge in [-0.25, -0.2) is 4.98 Å². The van der Waals surface area contributed by atoms with E-state index in [1.165, 1.54) is 16.8 Å². The molecule has 244 valence electrons. The van der Waals surface area contributed by atoms with E-state index in [1.54, 1.807) is 27.7 Å². The minimum absolute atomic E-state index is 0.122. The molecule has 2 aromatic carbocycles. The third-order valence-corrected chi connectivity index (χ3v) is 8.04. The zero-order chi connectivity index (χ0) is 33.4. The lowest BCUT2D eigenvalue weighted by Gasteiger charge is -2.32. The largest absolute Gasteiger partial charge is 0.354 e. The molecule has 5 amide bonds. The molecule has 46 heavy (non-hydrogen) atoms. The van der Waals surface area contributed by atoms with Crippen molar-refractivity contribution in [2.24, 2.45) is 5.92 Å². The monoisotopic (exact) mass is 629 g/mol. The third-order valence-electron chi connectivity index (χ3n) is 8.04. The highest BCUT2D eigenvalue weighted by Crippen LogP contribution is 2.20. The summed E-state index contributed by atoms with van der Waals surface area (Å²) in [5.74, 6) is -2.11. The molecule has 1 aliphatic rings. The molecule has 1 saturated heterocycles. The van der Waals surface area contributed by atoms with Crippen LogP contribution in [-0.4, -0.2) is 94.1 Å². The number of imidazole rings is 1. The molecule has 0 spiro atoms. The molecule has 0 bridgehead atoms. The molecule has 12 heteroatoms. The van der Waals surface area contributed by atoms with E-state index in [0.29, 0.717) is 17.9 Å². The Hall–Kier alpha value is -5.00. The van der Waals surface area contributed by atoms with Crippen LogP contribution in [0, 0.1) is 12.8 Å². The van der Waals surface area contributed by atoms with Crippen LogP contribution in [0.4, 0.5) is 0 Å². The number of rotatable bonds is 5. The summed E-state index contributed by atoms with van der Waals surface area (Å²) in [4.78, 5) is 77.8. The van der Waals surface area contributed by atoms with Gasteiger partial charge in [0.05, 0.1) is 6.54 Å². The molecule has 0 saturated carbocycles. The van der Waals surface area contributed by atoms with Crippen molar-refractivity contribution in [3.8, 4) is 11.4 Å². The second-order valence-electron chi connectivity index (χ2n) is 12.0. The molecule has 2 heterocycles. The number of aryl methyl sites for hydroxylation is 1. The highest BCUT2D eigenvalue weighted by atomic mass is 16.2. The number of likely N-dealkylation sites (N-methyl/N-ethyl adjacent to an activating group) is 1. The van der Waals surface area contributed by atoms with E-state index >= 15 is 0 Å². The lowest BCUT2D eigenvalue weighted by Crippen LogP contribution is -2.57. The highest BCUT2D eigenvalue weighted by molar-refractivity contribution is 5.98. The van der Waals surface area contributed by atoms with Gasteiger partial charge < -0.3 is 30.7 Å². The van der Waals surface area contributed by atoms with E-state index in [4.69, 9.17) is 0 Å². The van der Waals surface area contributed by atoms with Crippen molar-refractivity contribution in [2.45, 2.75) is 58.7 Å². The Bertz CT molecular complexity index is 1540. The van der Waals surface area contributed by atoms with E-state index in [-0.39, 0.29) is 37.7 Å². The van der Waals surface area contributed by atoms with Gasteiger partial charge in [-0.1, -0.05) is 74.5 Å². The maximum absolute atomic E-state index is 14.0. The second-order valence-corrected chi connectivity index (χ2v) is 12.0. The summed E-state index contributed by atoms with van der Waals surface area (Å²) in [6.07, 6.45) is 0.579. The molecule has 4 N–H and O–H groups in total. The number of carbonyl (C=O) groups is 5.